The maximum Gasteiger partial charge on any atom is 0.347 e. The van der Waals surface area contributed by atoms with E-state index in [4.69, 9.17) is 35.7 Å². The Kier molecular flexibility index (Phi) is 22.9. The monoisotopic (exact) mass is 760 g/mol. The van der Waals surface area contributed by atoms with E-state index in [1.54, 1.807) is 26.4 Å². The molecule has 0 aromatic heterocycles. The molecular formula is C40H57ClN2O10. The van der Waals surface area contributed by atoms with Crippen molar-refractivity contribution in [2.24, 2.45) is 5.41 Å². The lowest BCUT2D eigenvalue weighted by Crippen LogP contribution is -2.37. The predicted molar refractivity (Wildman–Crippen MR) is 209 cm³/mol. The molecule has 13 heteroatoms. The average molecular weight is 761 g/mol. The third kappa shape index (κ3) is 21.3. The molecule has 0 radical (unpaired) electrons. The van der Waals surface area contributed by atoms with Crippen molar-refractivity contribution in [1.29, 1.82) is 0 Å². The highest BCUT2D eigenvalue weighted by molar-refractivity contribution is 6.30. The average Bonchev–Trinajstić information content (AvgIpc) is 3.09. The smallest absolute Gasteiger partial charge is 0.347 e. The number of amides is 1. The summed E-state index contributed by atoms with van der Waals surface area (Å²) in [6.07, 6.45) is 1.43. The number of nitrogens with one attached hydrogen (secondary N) is 1. The first-order valence-corrected chi connectivity index (χ1v) is 17.2. The zero-order valence-electron chi connectivity index (χ0n) is 32.9. The Morgan fingerprint density at radius 2 is 1.51 bits per heavy atom. The number of halogens is 1. The number of aliphatic carboxylic acids is 1. The third-order valence-electron chi connectivity index (χ3n) is 7.03. The third-order valence-corrected chi connectivity index (χ3v) is 7.28. The van der Waals surface area contributed by atoms with Gasteiger partial charge in [0.2, 0.25) is 5.91 Å². The molecule has 0 aliphatic heterocycles. The lowest BCUT2D eigenvalue weighted by Gasteiger charge is -2.31. The molecule has 2 N–H and O–H groups in total. The summed E-state index contributed by atoms with van der Waals surface area (Å²) in [6.45, 7) is 14.0. The molecule has 0 aliphatic carbocycles. The number of aryl methyl sites for hydroxylation is 1. The molecule has 0 aliphatic rings. The largest absolute Gasteiger partial charge is 0.493 e. The van der Waals surface area contributed by atoms with Crippen molar-refractivity contribution in [1.82, 2.24) is 5.32 Å². The number of rotatable bonds is 15. The number of nitrogens with zero attached hydrogens (tertiary/aromatic N) is 1. The summed E-state index contributed by atoms with van der Waals surface area (Å²) in [5.74, 6) is 0.806. The lowest BCUT2D eigenvalue weighted by atomic mass is 9.94. The second kappa shape index (κ2) is 25.2. The highest BCUT2D eigenvalue weighted by Gasteiger charge is 2.29. The second-order valence-corrected chi connectivity index (χ2v) is 13.4. The number of carboxylic acids is 1. The molecule has 0 saturated carbocycles. The van der Waals surface area contributed by atoms with Crippen LogP contribution in [-0.2, 0) is 35.1 Å². The SMILES string of the molecule is CC(=O)NCCc1ccc(OC(C)(C)C(=O)O)cc1.CC(=O)OCC(C)(C)CN(C)c1ccc(Cl)cc1.COCC=O.COc1cccc(C)c1OC. The molecule has 3 rings (SSSR count). The Morgan fingerprint density at radius 1 is 0.906 bits per heavy atom. The first-order valence-electron chi connectivity index (χ1n) is 16.8. The van der Waals surface area contributed by atoms with Crippen molar-refractivity contribution in [2.75, 3.05) is 59.6 Å². The van der Waals surface area contributed by atoms with Crippen molar-refractivity contribution in [3.63, 3.8) is 0 Å². The van der Waals surface area contributed by atoms with Crippen LogP contribution in [0.15, 0.2) is 66.7 Å². The van der Waals surface area contributed by atoms with Crippen LogP contribution in [0, 0.1) is 12.3 Å². The van der Waals surface area contributed by atoms with E-state index in [2.05, 4.69) is 28.8 Å². The minimum absolute atomic E-state index is 0.0526. The van der Waals surface area contributed by atoms with Gasteiger partial charge in [-0.1, -0.05) is 49.7 Å². The first kappa shape index (κ1) is 48.2. The molecule has 0 fully saturated rings. The van der Waals surface area contributed by atoms with Gasteiger partial charge in [0.25, 0.3) is 0 Å². The summed E-state index contributed by atoms with van der Waals surface area (Å²) in [5.41, 5.74) is 1.88. The number of hydrogen-bond acceptors (Lipinski definition) is 10. The molecule has 0 unspecified atom stereocenters. The first-order chi connectivity index (χ1) is 24.8. The molecular weight excluding hydrogens is 704 g/mol. The Bertz CT molecular complexity index is 1530. The van der Waals surface area contributed by atoms with Gasteiger partial charge in [0.05, 0.1) is 20.8 Å². The van der Waals surface area contributed by atoms with Crippen molar-refractivity contribution in [3.05, 3.63) is 82.9 Å². The minimum atomic E-state index is -1.25. The number of methoxy groups -OCH3 is 3. The Balaban J connectivity index is 0.000000738. The van der Waals surface area contributed by atoms with Gasteiger partial charge in [-0.3, -0.25) is 9.59 Å². The fourth-order valence-electron chi connectivity index (χ4n) is 4.33. The molecule has 0 bridgehead atoms. The number of carbonyl (C=O) groups excluding carboxylic acids is 3. The number of anilines is 1. The normalized spacial score (nSPS) is 10.3. The molecule has 294 valence electrons. The van der Waals surface area contributed by atoms with Crippen LogP contribution < -0.4 is 24.4 Å². The van der Waals surface area contributed by atoms with E-state index >= 15 is 0 Å². The molecule has 12 nitrogen and oxygen atoms in total. The Morgan fingerprint density at radius 3 is 1.94 bits per heavy atom. The van der Waals surface area contributed by atoms with Crippen LogP contribution in [0.4, 0.5) is 5.69 Å². The number of carbonyl (C=O) groups is 4. The maximum absolute atomic E-state index is 10.9. The molecule has 0 spiro atoms. The molecule has 1 amide bonds. The minimum Gasteiger partial charge on any atom is -0.493 e. The van der Waals surface area contributed by atoms with E-state index in [0.717, 1.165) is 46.3 Å². The van der Waals surface area contributed by atoms with Crippen LogP contribution in [-0.4, -0.2) is 89.5 Å². The van der Waals surface area contributed by atoms with Gasteiger partial charge in [-0.25, -0.2) is 4.79 Å². The highest BCUT2D eigenvalue weighted by atomic mass is 35.5. The van der Waals surface area contributed by atoms with Gasteiger partial charge in [-0.2, -0.15) is 0 Å². The number of ether oxygens (including phenoxy) is 5. The van der Waals surface area contributed by atoms with Gasteiger partial charge in [0.1, 0.15) is 18.6 Å². The van der Waals surface area contributed by atoms with Gasteiger partial charge in [0.15, 0.2) is 17.1 Å². The number of carboxylic acid groups (broad SMARTS) is 1. The number of esters is 1. The fourth-order valence-corrected chi connectivity index (χ4v) is 4.46. The Labute approximate surface area is 319 Å². The summed E-state index contributed by atoms with van der Waals surface area (Å²) in [7, 11) is 6.77. The summed E-state index contributed by atoms with van der Waals surface area (Å²) in [5, 5.41) is 12.4. The highest BCUT2D eigenvalue weighted by Crippen LogP contribution is 2.29. The Hall–Kier alpha value is -4.81. The quantitative estimate of drug-likeness (QED) is 0.124. The molecule has 0 atom stereocenters. The van der Waals surface area contributed by atoms with Crippen molar-refractivity contribution >= 4 is 41.4 Å². The molecule has 0 heterocycles. The van der Waals surface area contributed by atoms with Crippen LogP contribution in [0.25, 0.3) is 0 Å². The van der Waals surface area contributed by atoms with E-state index in [9.17, 15) is 19.2 Å². The number of aldehydes is 1. The van der Waals surface area contributed by atoms with Crippen molar-refractivity contribution in [3.8, 4) is 17.2 Å². The maximum atomic E-state index is 10.9. The van der Waals surface area contributed by atoms with Gasteiger partial charge in [0, 0.05) is 57.2 Å². The van der Waals surface area contributed by atoms with E-state index in [0.29, 0.717) is 25.2 Å². The zero-order valence-corrected chi connectivity index (χ0v) is 33.7. The second-order valence-electron chi connectivity index (χ2n) is 13.0. The van der Waals surface area contributed by atoms with E-state index < -0.39 is 11.6 Å². The zero-order chi connectivity index (χ0) is 40.6. The summed E-state index contributed by atoms with van der Waals surface area (Å²) in [6, 6.07) is 20.7. The van der Waals surface area contributed by atoms with Crippen LogP contribution in [0.3, 0.4) is 0 Å². The van der Waals surface area contributed by atoms with E-state index in [1.165, 1.54) is 34.8 Å². The standard InChI is InChI=1S/C14H20ClNO2.C14H19NO4.C9H12O2.C3H6O2/c1-11(17)18-10-14(2,3)9-16(4)13-7-5-12(15)6-8-13;1-10(16)15-9-8-11-4-6-12(7-5-11)19-14(2,3)13(17)18;1-7-5-4-6-8(10-2)9(7)11-3;1-5-3-2-4/h5-8H,9-10H2,1-4H3;4-7H,8-9H2,1-3H3,(H,15,16)(H,17,18);4-6H,1-3H3;2H,3H2,1H3. The predicted octanol–water partition coefficient (Wildman–Crippen LogP) is 6.82. The van der Waals surface area contributed by atoms with Crippen LogP contribution >= 0.6 is 11.6 Å². The molecule has 53 heavy (non-hydrogen) atoms. The van der Waals surface area contributed by atoms with Crippen LogP contribution in [0.2, 0.25) is 5.02 Å². The summed E-state index contributed by atoms with van der Waals surface area (Å²) >= 11 is 5.86. The van der Waals surface area contributed by atoms with Crippen LogP contribution in [0.1, 0.15) is 52.7 Å². The van der Waals surface area contributed by atoms with Gasteiger partial charge < -0.3 is 43.8 Å². The van der Waals surface area contributed by atoms with E-state index in [-0.39, 0.29) is 23.9 Å². The van der Waals surface area contributed by atoms with E-state index in [1.807, 2.05) is 68.6 Å². The number of para-hydroxylation sites is 1. The number of hydrogen-bond donors (Lipinski definition) is 2. The molecule has 3 aromatic carbocycles. The van der Waals surface area contributed by atoms with Crippen LogP contribution in [0.5, 0.6) is 17.2 Å². The lowest BCUT2D eigenvalue weighted by molar-refractivity contribution is -0.152. The van der Waals surface area contributed by atoms with Gasteiger partial charge in [-0.05, 0) is 80.8 Å². The molecule has 3 aromatic rings. The summed E-state index contributed by atoms with van der Waals surface area (Å²) in [4.78, 5) is 43.9. The van der Waals surface area contributed by atoms with Crippen molar-refractivity contribution < 1.29 is 48.0 Å². The fraction of sp³-hybridized carbons (Fsp3) is 0.450. The molecule has 0 saturated heterocycles. The van der Waals surface area contributed by atoms with Gasteiger partial charge >= 0.3 is 11.9 Å². The topological polar surface area (TPSA) is 150 Å². The van der Waals surface area contributed by atoms with Crippen molar-refractivity contribution in [2.45, 2.75) is 60.5 Å². The van der Waals surface area contributed by atoms with Gasteiger partial charge in [-0.15, -0.1) is 0 Å². The summed E-state index contributed by atoms with van der Waals surface area (Å²) < 4.78 is 25.0. The number of benzene rings is 3.